The van der Waals surface area contributed by atoms with E-state index >= 15 is 0 Å². The Morgan fingerprint density at radius 2 is 1.51 bits per heavy atom. The number of hydrazone groups is 1. The van der Waals surface area contributed by atoms with Crippen molar-refractivity contribution in [2.24, 2.45) is 5.10 Å². The zero-order valence-electron chi connectivity index (χ0n) is 20.6. The normalized spacial score (nSPS) is 11.1. The molecule has 8 nitrogen and oxygen atoms in total. The molecule has 0 radical (unpaired) electrons. The summed E-state index contributed by atoms with van der Waals surface area (Å²) in [7, 11) is 0. The molecule has 0 bridgehead atoms. The maximum absolute atomic E-state index is 12.9. The fourth-order valence-corrected chi connectivity index (χ4v) is 4.36. The second-order valence-electron chi connectivity index (χ2n) is 8.66. The van der Waals surface area contributed by atoms with E-state index < -0.39 is 0 Å². The van der Waals surface area contributed by atoms with Crippen LogP contribution in [0, 0.1) is 0 Å². The molecule has 1 heterocycles. The van der Waals surface area contributed by atoms with Gasteiger partial charge in [-0.05, 0) is 72.3 Å². The third kappa shape index (κ3) is 6.14. The maximum atomic E-state index is 12.9. The van der Waals surface area contributed by atoms with Crippen LogP contribution in [0.3, 0.4) is 0 Å². The van der Waals surface area contributed by atoms with Gasteiger partial charge in [0.1, 0.15) is 12.3 Å². The van der Waals surface area contributed by atoms with Crippen LogP contribution in [0.4, 0.5) is 5.69 Å². The first-order valence-electron chi connectivity index (χ1n) is 12.1. The predicted molar refractivity (Wildman–Crippen MR) is 153 cm³/mol. The molecule has 0 saturated heterocycles. The smallest absolute Gasteiger partial charge is 0.262 e. The molecule has 39 heavy (non-hydrogen) atoms. The third-order valence-electron chi connectivity index (χ3n) is 5.94. The summed E-state index contributed by atoms with van der Waals surface area (Å²) in [6.07, 6.45) is 1.51. The number of para-hydroxylation sites is 2. The first kappa shape index (κ1) is 25.7. The van der Waals surface area contributed by atoms with Crippen LogP contribution in [0.5, 0.6) is 5.75 Å². The lowest BCUT2D eigenvalue weighted by atomic mass is 10.1. The quantitative estimate of drug-likeness (QED) is 0.165. The van der Waals surface area contributed by atoms with E-state index in [4.69, 9.17) is 16.3 Å². The van der Waals surface area contributed by atoms with Gasteiger partial charge in [0.05, 0.1) is 17.2 Å². The number of carbonyl (C=O) groups excluding carboxylic acids is 2. The third-order valence-corrected chi connectivity index (χ3v) is 6.18. The Morgan fingerprint density at radius 3 is 2.18 bits per heavy atom. The van der Waals surface area contributed by atoms with Gasteiger partial charge in [-0.25, -0.2) is 5.43 Å². The fraction of sp³-hybridized carbons (Fsp3) is 0.0667. The zero-order valence-corrected chi connectivity index (χ0v) is 21.4. The summed E-state index contributed by atoms with van der Waals surface area (Å²) in [6.45, 7) is -0.174. The average Bonchev–Trinajstić information content (AvgIpc) is 2.95. The molecule has 0 spiro atoms. The number of carbonyl (C=O) groups is 2. The summed E-state index contributed by atoms with van der Waals surface area (Å²) in [5.74, 6) is -0.140. The van der Waals surface area contributed by atoms with E-state index in [2.05, 4.69) is 15.8 Å². The van der Waals surface area contributed by atoms with Crippen molar-refractivity contribution >= 4 is 57.1 Å². The molecule has 4 aromatic carbocycles. The molecule has 194 valence electrons. The summed E-state index contributed by atoms with van der Waals surface area (Å²) in [5, 5.41) is 8.41. The molecule has 0 atom stereocenters. The van der Waals surface area contributed by atoms with E-state index in [1.54, 1.807) is 72.8 Å². The molecule has 5 aromatic rings. The van der Waals surface area contributed by atoms with Crippen LogP contribution in [0.1, 0.15) is 5.56 Å². The van der Waals surface area contributed by atoms with Crippen molar-refractivity contribution in [1.29, 1.82) is 0 Å². The van der Waals surface area contributed by atoms with Gasteiger partial charge in [0.25, 0.3) is 11.8 Å². The molecule has 0 saturated carbocycles. The van der Waals surface area contributed by atoms with E-state index in [0.29, 0.717) is 38.3 Å². The topological polar surface area (TPSA) is 102 Å². The van der Waals surface area contributed by atoms with Crippen LogP contribution in [0.15, 0.2) is 107 Å². The van der Waals surface area contributed by atoms with E-state index in [9.17, 15) is 14.4 Å². The number of amides is 2. The van der Waals surface area contributed by atoms with E-state index in [0.717, 1.165) is 5.56 Å². The molecule has 5 rings (SSSR count). The van der Waals surface area contributed by atoms with Gasteiger partial charge in [0.15, 0.2) is 12.0 Å². The first-order chi connectivity index (χ1) is 19.0. The molecule has 0 aliphatic carbocycles. The van der Waals surface area contributed by atoms with Crippen LogP contribution < -0.4 is 20.9 Å². The molecular formula is C30H23ClN4O4. The van der Waals surface area contributed by atoms with Gasteiger partial charge in [0.2, 0.25) is 0 Å². The second kappa shape index (κ2) is 11.6. The molecule has 2 amide bonds. The van der Waals surface area contributed by atoms with Gasteiger partial charge in [-0.1, -0.05) is 41.9 Å². The lowest BCUT2D eigenvalue weighted by molar-refractivity contribution is -0.121. The van der Waals surface area contributed by atoms with Crippen molar-refractivity contribution in [1.82, 2.24) is 9.99 Å². The minimum atomic E-state index is -0.337. The SMILES string of the molecule is O=C(Cn1c2ccccc2c(=O)c2ccccc21)N/N=C\c1ccc(OCC(=O)Nc2cccc(Cl)c2)cc1. The minimum absolute atomic E-state index is 0.0112. The van der Waals surface area contributed by atoms with Crippen LogP contribution in [0.2, 0.25) is 5.02 Å². The summed E-state index contributed by atoms with van der Waals surface area (Å²) in [6, 6.07) is 28.2. The highest BCUT2D eigenvalue weighted by Crippen LogP contribution is 2.19. The number of benzene rings is 4. The number of nitrogens with one attached hydrogen (secondary N) is 2. The number of hydrogen-bond acceptors (Lipinski definition) is 5. The number of anilines is 1. The number of ether oxygens (including phenoxy) is 1. The number of rotatable bonds is 8. The lowest BCUT2D eigenvalue weighted by Gasteiger charge is -2.14. The Bertz CT molecular complexity index is 1700. The molecule has 2 N–H and O–H groups in total. The van der Waals surface area contributed by atoms with Crippen LogP contribution >= 0.6 is 11.6 Å². The van der Waals surface area contributed by atoms with Crippen LogP contribution in [-0.4, -0.2) is 29.2 Å². The standard InChI is InChI=1S/C30H23ClN4O4/c31-21-6-5-7-22(16-21)33-29(37)19-39-23-14-12-20(13-15-23)17-32-34-28(36)18-35-26-10-3-1-8-24(26)30(38)25-9-2-4-11-27(25)35/h1-17H,18-19H2,(H,33,37)(H,34,36)/b32-17-. The fourth-order valence-electron chi connectivity index (χ4n) is 4.17. The monoisotopic (exact) mass is 538 g/mol. The minimum Gasteiger partial charge on any atom is -0.484 e. The van der Waals surface area contributed by atoms with E-state index in [1.807, 2.05) is 28.8 Å². The molecule has 0 aliphatic rings. The van der Waals surface area contributed by atoms with Crippen molar-refractivity contribution in [3.63, 3.8) is 0 Å². The van der Waals surface area contributed by atoms with Crippen molar-refractivity contribution in [2.75, 3.05) is 11.9 Å². The Kier molecular flexibility index (Phi) is 7.65. The number of halogens is 1. The molecule has 9 heteroatoms. The second-order valence-corrected chi connectivity index (χ2v) is 9.10. The Labute approximate surface area is 228 Å². The number of nitrogens with zero attached hydrogens (tertiary/aromatic N) is 2. The highest BCUT2D eigenvalue weighted by Gasteiger charge is 2.12. The molecule has 0 unspecified atom stereocenters. The lowest BCUT2D eigenvalue weighted by Crippen LogP contribution is -2.25. The number of fused-ring (bicyclic) bond motifs is 2. The van der Waals surface area contributed by atoms with Gasteiger partial charge in [-0.15, -0.1) is 0 Å². The van der Waals surface area contributed by atoms with Crippen molar-refractivity contribution < 1.29 is 14.3 Å². The van der Waals surface area contributed by atoms with Gasteiger partial charge in [0, 0.05) is 21.5 Å². The Hall–Kier alpha value is -4.95. The highest BCUT2D eigenvalue weighted by atomic mass is 35.5. The van der Waals surface area contributed by atoms with E-state index in [1.165, 1.54) is 6.21 Å². The van der Waals surface area contributed by atoms with Gasteiger partial charge in [-0.2, -0.15) is 5.10 Å². The number of pyridine rings is 1. The summed E-state index contributed by atoms with van der Waals surface area (Å²) >= 11 is 5.93. The summed E-state index contributed by atoms with van der Waals surface area (Å²) in [4.78, 5) is 37.7. The van der Waals surface area contributed by atoms with Gasteiger partial charge >= 0.3 is 0 Å². The van der Waals surface area contributed by atoms with Crippen LogP contribution in [0.25, 0.3) is 21.8 Å². The first-order valence-corrected chi connectivity index (χ1v) is 12.5. The largest absolute Gasteiger partial charge is 0.484 e. The Balaban J connectivity index is 1.18. The molecule has 0 aliphatic heterocycles. The zero-order chi connectivity index (χ0) is 27.2. The number of aromatic nitrogens is 1. The van der Waals surface area contributed by atoms with Crippen LogP contribution in [-0.2, 0) is 16.1 Å². The molecule has 0 fully saturated rings. The van der Waals surface area contributed by atoms with E-state index in [-0.39, 0.29) is 30.4 Å². The van der Waals surface area contributed by atoms with Gasteiger partial charge in [-0.3, -0.25) is 14.4 Å². The summed E-state index contributed by atoms with van der Waals surface area (Å²) in [5.41, 5.74) is 5.15. The number of hydrogen-bond donors (Lipinski definition) is 2. The Morgan fingerprint density at radius 1 is 0.846 bits per heavy atom. The maximum Gasteiger partial charge on any atom is 0.262 e. The molecular weight excluding hydrogens is 516 g/mol. The predicted octanol–water partition coefficient (Wildman–Crippen LogP) is 4.98. The summed E-state index contributed by atoms with van der Waals surface area (Å²) < 4.78 is 7.34. The highest BCUT2D eigenvalue weighted by molar-refractivity contribution is 6.30. The van der Waals surface area contributed by atoms with Crippen molar-refractivity contribution in [3.05, 3.63) is 118 Å². The average molecular weight is 539 g/mol. The molecule has 1 aromatic heterocycles. The van der Waals surface area contributed by atoms with Crippen molar-refractivity contribution in [2.45, 2.75) is 6.54 Å². The van der Waals surface area contributed by atoms with Gasteiger partial charge < -0.3 is 14.6 Å². The van der Waals surface area contributed by atoms with Crippen molar-refractivity contribution in [3.8, 4) is 5.75 Å².